The van der Waals surface area contributed by atoms with Crippen molar-refractivity contribution in [3.05, 3.63) is 213 Å². The quantitative estimate of drug-likeness (QED) is 0.153. The Morgan fingerprint density at radius 3 is 1.38 bits per heavy atom. The maximum absolute atomic E-state index is 5.11. The molecule has 0 bridgehead atoms. The van der Waals surface area contributed by atoms with Crippen LogP contribution in [-0.2, 0) is 0 Å². The summed E-state index contributed by atoms with van der Waals surface area (Å²) in [5.41, 5.74) is 13.4. The number of aromatic nitrogens is 7. The molecule has 0 fully saturated rings. The van der Waals surface area contributed by atoms with Crippen LogP contribution < -0.4 is 0 Å². The van der Waals surface area contributed by atoms with Gasteiger partial charge in [-0.1, -0.05) is 146 Å². The summed E-state index contributed by atoms with van der Waals surface area (Å²) in [5.74, 6) is 1.88. The first-order valence-corrected chi connectivity index (χ1v) is 20.2. The van der Waals surface area contributed by atoms with Gasteiger partial charge in [-0.2, -0.15) is 0 Å². The van der Waals surface area contributed by atoms with Gasteiger partial charge in [-0.3, -0.25) is 9.97 Å². The molecule has 0 spiro atoms. The molecule has 0 amide bonds. The highest BCUT2D eigenvalue weighted by Gasteiger charge is 2.16. The van der Waals surface area contributed by atoms with Crippen LogP contribution in [0.4, 0.5) is 0 Å². The van der Waals surface area contributed by atoms with Crippen molar-refractivity contribution >= 4 is 21.8 Å². The molecule has 6 aromatic carbocycles. The normalized spacial score (nSPS) is 11.3. The van der Waals surface area contributed by atoms with E-state index in [0.717, 1.165) is 67.4 Å². The number of benzene rings is 6. The summed E-state index contributed by atoms with van der Waals surface area (Å²) in [6.07, 6.45) is 3.71. The summed E-state index contributed by atoms with van der Waals surface area (Å²) in [5, 5.41) is 2.46. The lowest BCUT2D eigenvalue weighted by Gasteiger charge is -2.13. The highest BCUT2D eigenvalue weighted by molar-refractivity contribution is 6.09. The van der Waals surface area contributed by atoms with Gasteiger partial charge in [-0.05, 0) is 71.3 Å². The minimum atomic E-state index is 0.614. The van der Waals surface area contributed by atoms with Gasteiger partial charge >= 0.3 is 0 Å². The Labute approximate surface area is 352 Å². The fourth-order valence-corrected chi connectivity index (χ4v) is 7.96. The van der Waals surface area contributed by atoms with E-state index in [1.54, 1.807) is 6.20 Å². The average molecular weight is 782 g/mol. The Balaban J connectivity index is 0.935. The van der Waals surface area contributed by atoms with Crippen molar-refractivity contribution in [3.8, 4) is 84.9 Å². The summed E-state index contributed by atoms with van der Waals surface area (Å²) in [6, 6.07) is 68.5. The van der Waals surface area contributed by atoms with E-state index in [4.69, 9.17) is 24.9 Å². The van der Waals surface area contributed by atoms with Crippen molar-refractivity contribution in [2.24, 2.45) is 0 Å². The lowest BCUT2D eigenvalue weighted by atomic mass is 10.0. The van der Waals surface area contributed by atoms with Crippen LogP contribution in [0, 0.1) is 0 Å². The van der Waals surface area contributed by atoms with E-state index in [-0.39, 0.29) is 0 Å². The third-order valence-electron chi connectivity index (χ3n) is 11.0. The maximum Gasteiger partial charge on any atom is 0.164 e. The first-order valence-electron chi connectivity index (χ1n) is 20.2. The molecule has 7 nitrogen and oxygen atoms in total. The minimum Gasteiger partial charge on any atom is -0.309 e. The SMILES string of the molecule is c1ccc(-c2nc(-c3ccccc3)nc(-c3ccc(-c4ccc(-c5cc(-c6cccc(-n7c8ccccc8c8ccccc87)c6)cc(-c6ccccn6)n5)nc4)cc3)n2)cc1. The lowest BCUT2D eigenvalue weighted by molar-refractivity contribution is 1.07. The molecule has 0 unspecified atom stereocenters. The zero-order valence-corrected chi connectivity index (χ0v) is 32.8. The van der Waals surface area contributed by atoms with Crippen LogP contribution in [0.5, 0.6) is 0 Å². The van der Waals surface area contributed by atoms with Crippen LogP contribution in [0.2, 0.25) is 0 Å². The number of fused-ring (bicyclic) bond motifs is 3. The summed E-state index contributed by atoms with van der Waals surface area (Å²) in [7, 11) is 0. The number of para-hydroxylation sites is 2. The second kappa shape index (κ2) is 15.4. The van der Waals surface area contributed by atoms with Gasteiger partial charge in [0.1, 0.15) is 0 Å². The van der Waals surface area contributed by atoms with E-state index >= 15 is 0 Å². The van der Waals surface area contributed by atoms with Gasteiger partial charge in [0.2, 0.25) is 0 Å². The van der Waals surface area contributed by atoms with Crippen LogP contribution in [0.3, 0.4) is 0 Å². The smallest absolute Gasteiger partial charge is 0.164 e. The zero-order chi connectivity index (χ0) is 40.5. The van der Waals surface area contributed by atoms with Gasteiger partial charge in [0.05, 0.1) is 33.8 Å². The maximum atomic E-state index is 5.11. The molecule has 0 atom stereocenters. The Morgan fingerprint density at radius 1 is 0.295 bits per heavy atom. The molecule has 0 N–H and O–H groups in total. The predicted octanol–water partition coefficient (Wildman–Crippen LogP) is 12.8. The molecule has 11 aromatic rings. The largest absolute Gasteiger partial charge is 0.309 e. The fourth-order valence-electron chi connectivity index (χ4n) is 7.96. The molecule has 7 heteroatoms. The van der Waals surface area contributed by atoms with Gasteiger partial charge in [0.25, 0.3) is 0 Å². The molecular weight excluding hydrogens is 747 g/mol. The topological polar surface area (TPSA) is 82.3 Å². The zero-order valence-electron chi connectivity index (χ0n) is 32.8. The van der Waals surface area contributed by atoms with Crippen molar-refractivity contribution in [2.45, 2.75) is 0 Å². The predicted molar refractivity (Wildman–Crippen MR) is 246 cm³/mol. The number of pyridine rings is 3. The van der Waals surface area contributed by atoms with E-state index in [0.29, 0.717) is 17.5 Å². The van der Waals surface area contributed by atoms with Gasteiger partial charge in [-0.15, -0.1) is 0 Å². The third-order valence-corrected chi connectivity index (χ3v) is 11.0. The third kappa shape index (κ3) is 6.90. The summed E-state index contributed by atoms with van der Waals surface area (Å²) >= 11 is 0. The first kappa shape index (κ1) is 35.7. The van der Waals surface area contributed by atoms with Gasteiger partial charge in [0, 0.05) is 51.1 Å². The van der Waals surface area contributed by atoms with Gasteiger partial charge < -0.3 is 4.57 Å². The molecule has 0 saturated carbocycles. The highest BCUT2D eigenvalue weighted by Crippen LogP contribution is 2.35. The molecule has 5 aromatic heterocycles. The summed E-state index contributed by atoms with van der Waals surface area (Å²) < 4.78 is 2.34. The van der Waals surface area contributed by atoms with Crippen molar-refractivity contribution < 1.29 is 0 Å². The van der Waals surface area contributed by atoms with E-state index in [1.165, 1.54) is 21.8 Å². The lowest BCUT2D eigenvalue weighted by Crippen LogP contribution is -2.00. The molecule has 0 aliphatic rings. The number of hydrogen-bond acceptors (Lipinski definition) is 6. The van der Waals surface area contributed by atoms with Crippen LogP contribution in [0.15, 0.2) is 213 Å². The van der Waals surface area contributed by atoms with Crippen LogP contribution in [0.25, 0.3) is 107 Å². The Hall–Kier alpha value is -8.42. The Bertz CT molecular complexity index is 3220. The molecule has 0 radical (unpaired) electrons. The van der Waals surface area contributed by atoms with E-state index < -0.39 is 0 Å². The van der Waals surface area contributed by atoms with Crippen molar-refractivity contribution in [2.75, 3.05) is 0 Å². The number of hydrogen-bond donors (Lipinski definition) is 0. The average Bonchev–Trinajstić information content (AvgIpc) is 3.69. The summed E-state index contributed by atoms with van der Waals surface area (Å²) in [4.78, 5) is 29.4. The Kier molecular flexibility index (Phi) is 9.02. The van der Waals surface area contributed by atoms with Crippen LogP contribution in [0.1, 0.15) is 0 Å². The molecule has 61 heavy (non-hydrogen) atoms. The number of nitrogens with zero attached hydrogens (tertiary/aromatic N) is 7. The van der Waals surface area contributed by atoms with E-state index in [1.807, 2.05) is 91.1 Å². The first-order chi connectivity index (χ1) is 30.2. The second-order valence-corrected chi connectivity index (χ2v) is 14.8. The van der Waals surface area contributed by atoms with E-state index in [2.05, 4.69) is 125 Å². The van der Waals surface area contributed by atoms with Gasteiger partial charge in [-0.25, -0.2) is 19.9 Å². The molecule has 11 rings (SSSR count). The fraction of sp³-hybridized carbons (Fsp3) is 0. The van der Waals surface area contributed by atoms with Crippen LogP contribution in [-0.4, -0.2) is 34.5 Å². The molecule has 0 saturated heterocycles. The Morgan fingerprint density at radius 2 is 0.803 bits per heavy atom. The molecular formula is C54H35N7. The van der Waals surface area contributed by atoms with Crippen molar-refractivity contribution in [1.29, 1.82) is 0 Å². The van der Waals surface area contributed by atoms with E-state index in [9.17, 15) is 0 Å². The molecule has 286 valence electrons. The van der Waals surface area contributed by atoms with Gasteiger partial charge in [0.15, 0.2) is 17.5 Å². The molecule has 0 aliphatic heterocycles. The highest BCUT2D eigenvalue weighted by atomic mass is 15.0. The van der Waals surface area contributed by atoms with Crippen molar-refractivity contribution in [1.82, 2.24) is 34.5 Å². The molecule has 0 aliphatic carbocycles. The second-order valence-electron chi connectivity index (χ2n) is 14.8. The molecule has 5 heterocycles. The van der Waals surface area contributed by atoms with Crippen LogP contribution >= 0.6 is 0 Å². The monoisotopic (exact) mass is 781 g/mol. The minimum absolute atomic E-state index is 0.614. The number of rotatable bonds is 8. The summed E-state index contributed by atoms with van der Waals surface area (Å²) in [6.45, 7) is 0. The standard InChI is InChI=1S/C54H35N7/c1-3-14-37(15-4-1)52-58-53(38-16-5-2-6-17-38)60-54(59-52)39-27-25-36(26-28-39)41-29-30-47(56-35-41)49-34-42(33-48(57-49)46-22-11-12-31-55-46)40-18-13-19-43(32-40)61-50-23-9-7-20-44(50)45-21-8-10-24-51(45)61/h1-35H. The van der Waals surface area contributed by atoms with Crippen molar-refractivity contribution in [3.63, 3.8) is 0 Å².